The minimum atomic E-state index is -0.374. The Hall–Kier alpha value is -1.36. The highest BCUT2D eigenvalue weighted by Crippen LogP contribution is 2.09. The molecule has 1 aromatic heterocycles. The Morgan fingerprint density at radius 3 is 3.00 bits per heavy atom. The highest BCUT2D eigenvalue weighted by Gasteiger charge is 2.14. The van der Waals surface area contributed by atoms with Crippen LogP contribution in [-0.4, -0.2) is 34.3 Å². The van der Waals surface area contributed by atoms with Gasteiger partial charge in [0.25, 0.3) is 0 Å². The van der Waals surface area contributed by atoms with Crippen LogP contribution in [0, 0.1) is 0 Å². The summed E-state index contributed by atoms with van der Waals surface area (Å²) >= 11 is 0. The topological polar surface area (TPSA) is 75.2 Å². The summed E-state index contributed by atoms with van der Waals surface area (Å²) in [6, 6.07) is 0. The Morgan fingerprint density at radius 2 is 2.31 bits per heavy atom. The van der Waals surface area contributed by atoms with Crippen LogP contribution in [0.3, 0.4) is 0 Å². The van der Waals surface area contributed by atoms with E-state index >= 15 is 0 Å². The zero-order valence-corrected chi connectivity index (χ0v) is 9.53. The van der Waals surface area contributed by atoms with Gasteiger partial charge in [0.2, 0.25) is 0 Å². The quantitative estimate of drug-likeness (QED) is 0.542. The third-order valence-electron chi connectivity index (χ3n) is 2.27. The van der Waals surface area contributed by atoms with E-state index in [1.165, 1.54) is 6.33 Å². The van der Waals surface area contributed by atoms with Gasteiger partial charge in [0.15, 0.2) is 5.69 Å². The molecule has 0 spiro atoms. The monoisotopic (exact) mass is 226 g/mol. The molecule has 5 heteroatoms. The molecule has 90 valence electrons. The predicted octanol–water partition coefficient (Wildman–Crippen LogP) is 1.29. The van der Waals surface area contributed by atoms with Crippen molar-refractivity contribution in [3.05, 3.63) is 17.7 Å². The third kappa shape index (κ3) is 3.66. The van der Waals surface area contributed by atoms with E-state index in [0.29, 0.717) is 12.3 Å². The Labute approximate surface area is 94.8 Å². The summed E-state index contributed by atoms with van der Waals surface area (Å²) in [5, 5.41) is 8.64. The van der Waals surface area contributed by atoms with E-state index in [-0.39, 0.29) is 12.6 Å². The van der Waals surface area contributed by atoms with Gasteiger partial charge >= 0.3 is 5.97 Å². The first-order chi connectivity index (χ1) is 7.79. The van der Waals surface area contributed by atoms with Crippen LogP contribution in [0.1, 0.15) is 42.4 Å². The third-order valence-corrected chi connectivity index (χ3v) is 2.27. The summed E-state index contributed by atoms with van der Waals surface area (Å²) in [7, 11) is 0. The zero-order chi connectivity index (χ0) is 11.8. The van der Waals surface area contributed by atoms with E-state index in [2.05, 4.69) is 9.97 Å². The van der Waals surface area contributed by atoms with Gasteiger partial charge in [-0.3, -0.25) is 0 Å². The largest absolute Gasteiger partial charge is 0.461 e. The number of H-pyrrole nitrogens is 1. The number of aromatic nitrogens is 2. The van der Waals surface area contributed by atoms with Crippen LogP contribution >= 0.6 is 0 Å². The van der Waals surface area contributed by atoms with Gasteiger partial charge < -0.3 is 14.8 Å². The smallest absolute Gasteiger partial charge is 0.358 e. The second-order valence-corrected chi connectivity index (χ2v) is 3.48. The highest BCUT2D eigenvalue weighted by molar-refractivity contribution is 5.88. The van der Waals surface area contributed by atoms with Gasteiger partial charge in [0.1, 0.15) is 0 Å². The number of unbranched alkanes of at least 4 members (excludes halogenated alkanes) is 2. The number of nitrogens with one attached hydrogen (secondary N) is 1. The lowest BCUT2D eigenvalue weighted by molar-refractivity contribution is 0.0518. The summed E-state index contributed by atoms with van der Waals surface area (Å²) < 4.78 is 4.89. The summed E-state index contributed by atoms with van der Waals surface area (Å²) in [4.78, 5) is 18.4. The Balaban J connectivity index is 2.47. The first kappa shape index (κ1) is 12.7. The molecular formula is C11H18N2O3. The lowest BCUT2D eigenvalue weighted by Gasteiger charge is -2.02. The number of aliphatic hydroxyl groups excluding tert-OH is 1. The van der Waals surface area contributed by atoms with Crippen molar-refractivity contribution in [3.63, 3.8) is 0 Å². The number of imidazole rings is 1. The van der Waals surface area contributed by atoms with Crippen molar-refractivity contribution in [1.82, 2.24) is 9.97 Å². The van der Waals surface area contributed by atoms with Crippen molar-refractivity contribution in [2.75, 3.05) is 13.2 Å². The number of rotatable bonds is 7. The van der Waals surface area contributed by atoms with Gasteiger partial charge in [0, 0.05) is 12.3 Å². The number of carbonyl (C=O) groups excluding carboxylic acids is 1. The van der Waals surface area contributed by atoms with Gasteiger partial charge in [-0.15, -0.1) is 0 Å². The van der Waals surface area contributed by atoms with Gasteiger partial charge in [0.05, 0.1) is 12.9 Å². The van der Waals surface area contributed by atoms with Crippen molar-refractivity contribution in [1.29, 1.82) is 0 Å². The molecule has 0 bridgehead atoms. The average molecular weight is 226 g/mol. The lowest BCUT2D eigenvalue weighted by atomic mass is 10.1. The number of nitrogens with zero attached hydrogens (tertiary/aromatic N) is 1. The van der Waals surface area contributed by atoms with Crippen LogP contribution in [0.4, 0.5) is 0 Å². The summed E-state index contributed by atoms with van der Waals surface area (Å²) in [6.07, 6.45) is 4.93. The predicted molar refractivity (Wildman–Crippen MR) is 59.2 cm³/mol. The summed E-state index contributed by atoms with van der Waals surface area (Å²) in [5.74, 6) is -0.374. The van der Waals surface area contributed by atoms with Crippen LogP contribution in [0.15, 0.2) is 6.33 Å². The maximum atomic E-state index is 11.5. The Kier molecular flexibility index (Phi) is 5.56. The number of hydrogen-bond acceptors (Lipinski definition) is 4. The van der Waals surface area contributed by atoms with Crippen LogP contribution in [0.2, 0.25) is 0 Å². The maximum Gasteiger partial charge on any atom is 0.358 e. The van der Waals surface area contributed by atoms with E-state index in [4.69, 9.17) is 9.84 Å². The molecule has 0 unspecified atom stereocenters. The number of aliphatic hydroxyl groups is 1. The first-order valence-corrected chi connectivity index (χ1v) is 5.59. The van der Waals surface area contributed by atoms with Crippen molar-refractivity contribution < 1.29 is 14.6 Å². The van der Waals surface area contributed by atoms with Gasteiger partial charge in [-0.1, -0.05) is 6.42 Å². The highest BCUT2D eigenvalue weighted by atomic mass is 16.5. The fourth-order valence-electron chi connectivity index (χ4n) is 1.48. The molecule has 1 rings (SSSR count). The zero-order valence-electron chi connectivity index (χ0n) is 9.53. The summed E-state index contributed by atoms with van der Waals surface area (Å²) in [6.45, 7) is 2.34. The normalized spacial score (nSPS) is 10.4. The Bertz CT molecular complexity index is 323. The van der Waals surface area contributed by atoms with Crippen molar-refractivity contribution in [2.24, 2.45) is 0 Å². The number of hydrogen-bond donors (Lipinski definition) is 2. The number of ether oxygens (including phenoxy) is 1. The standard InChI is InChI=1S/C11H18N2O3/c1-2-16-11(15)10-9(12-8-13-10)6-4-3-5-7-14/h8,14H,2-7H2,1H3,(H,12,13). The molecule has 0 radical (unpaired) electrons. The lowest BCUT2D eigenvalue weighted by Crippen LogP contribution is -2.08. The van der Waals surface area contributed by atoms with Crippen molar-refractivity contribution in [2.45, 2.75) is 32.6 Å². The molecule has 0 aliphatic carbocycles. The number of aryl methyl sites for hydroxylation is 1. The molecule has 0 saturated carbocycles. The molecule has 1 aromatic rings. The molecular weight excluding hydrogens is 208 g/mol. The number of esters is 1. The van der Waals surface area contributed by atoms with Crippen LogP contribution in [0.5, 0.6) is 0 Å². The van der Waals surface area contributed by atoms with Crippen LogP contribution in [0.25, 0.3) is 0 Å². The van der Waals surface area contributed by atoms with E-state index < -0.39 is 0 Å². The molecule has 0 saturated heterocycles. The molecule has 2 N–H and O–H groups in total. The second kappa shape index (κ2) is 7.00. The van der Waals surface area contributed by atoms with E-state index in [0.717, 1.165) is 31.4 Å². The van der Waals surface area contributed by atoms with E-state index in [9.17, 15) is 4.79 Å². The second-order valence-electron chi connectivity index (χ2n) is 3.48. The van der Waals surface area contributed by atoms with Crippen molar-refractivity contribution >= 4 is 5.97 Å². The van der Waals surface area contributed by atoms with Gasteiger partial charge in [-0.2, -0.15) is 0 Å². The van der Waals surface area contributed by atoms with Gasteiger partial charge in [-0.05, 0) is 26.2 Å². The van der Waals surface area contributed by atoms with Crippen LogP contribution in [-0.2, 0) is 11.2 Å². The van der Waals surface area contributed by atoms with Crippen LogP contribution < -0.4 is 0 Å². The molecule has 0 aliphatic heterocycles. The molecule has 1 heterocycles. The first-order valence-electron chi connectivity index (χ1n) is 5.59. The minimum Gasteiger partial charge on any atom is -0.461 e. The minimum absolute atomic E-state index is 0.216. The van der Waals surface area contributed by atoms with Gasteiger partial charge in [-0.25, -0.2) is 9.78 Å². The summed E-state index contributed by atoms with van der Waals surface area (Å²) in [5.41, 5.74) is 1.20. The number of carbonyl (C=O) groups is 1. The molecule has 0 aliphatic rings. The van der Waals surface area contributed by atoms with Crippen molar-refractivity contribution in [3.8, 4) is 0 Å². The molecule has 0 atom stereocenters. The molecule has 5 nitrogen and oxygen atoms in total. The Morgan fingerprint density at radius 1 is 1.50 bits per heavy atom. The average Bonchev–Trinajstić information content (AvgIpc) is 2.73. The van der Waals surface area contributed by atoms with E-state index in [1.54, 1.807) is 6.92 Å². The molecule has 0 amide bonds. The fraction of sp³-hybridized carbons (Fsp3) is 0.636. The number of aromatic amines is 1. The molecule has 0 fully saturated rings. The maximum absolute atomic E-state index is 11.5. The molecule has 0 aromatic carbocycles. The SMILES string of the molecule is CCOC(=O)c1nc[nH]c1CCCCCO. The fourth-order valence-corrected chi connectivity index (χ4v) is 1.48. The molecule has 16 heavy (non-hydrogen) atoms. The van der Waals surface area contributed by atoms with E-state index in [1.807, 2.05) is 0 Å².